The van der Waals surface area contributed by atoms with Gasteiger partial charge in [-0.1, -0.05) is 39.3 Å². The minimum absolute atomic E-state index is 0.0853. The molecule has 21 heavy (non-hydrogen) atoms. The van der Waals surface area contributed by atoms with Gasteiger partial charge < -0.3 is 4.52 Å². The van der Waals surface area contributed by atoms with Crippen LogP contribution in [0.15, 0.2) is 0 Å². The first-order valence-electron chi connectivity index (χ1n) is 6.53. The van der Waals surface area contributed by atoms with Crippen molar-refractivity contribution in [2.45, 2.75) is 62.1 Å². The summed E-state index contributed by atoms with van der Waals surface area (Å²) in [6.07, 6.45) is -11.8. The highest BCUT2D eigenvalue weighted by Gasteiger charge is 2.79. The van der Waals surface area contributed by atoms with Crippen LogP contribution in [0.4, 0.5) is 26.3 Å². The first kappa shape index (κ1) is 19.5. The minimum atomic E-state index is -5.41. The standard InChI is InChI=1S/C11H21F6OPSi2/c1-20(2,3)8(21(4,5)6)19-7-9(18-19,10(12,13)14)11(15,16)17/h8H,7H2,1-6H3. The molecule has 1 atom stereocenters. The van der Waals surface area contributed by atoms with Crippen molar-refractivity contribution in [3.05, 3.63) is 0 Å². The van der Waals surface area contributed by atoms with E-state index in [2.05, 4.69) is 4.52 Å². The van der Waals surface area contributed by atoms with Crippen molar-refractivity contribution in [3.8, 4) is 0 Å². The summed E-state index contributed by atoms with van der Waals surface area (Å²) >= 11 is 0. The number of hydrogen-bond acceptors (Lipinski definition) is 1. The van der Waals surface area contributed by atoms with E-state index in [0.29, 0.717) is 0 Å². The molecule has 1 nitrogen and oxygen atoms in total. The van der Waals surface area contributed by atoms with Gasteiger partial charge in [0.1, 0.15) is 0 Å². The predicted molar refractivity (Wildman–Crippen MR) is 78.2 cm³/mol. The second kappa shape index (κ2) is 5.21. The highest BCUT2D eigenvalue weighted by atomic mass is 31.1. The topological polar surface area (TPSA) is 9.23 Å². The molecule has 126 valence electrons. The van der Waals surface area contributed by atoms with Gasteiger partial charge in [0.05, 0.1) is 16.1 Å². The smallest absolute Gasteiger partial charge is 0.335 e. The van der Waals surface area contributed by atoms with Gasteiger partial charge in [-0.2, -0.15) is 26.3 Å². The largest absolute Gasteiger partial charge is 0.427 e. The lowest BCUT2D eigenvalue weighted by Crippen LogP contribution is -2.68. The van der Waals surface area contributed by atoms with Crippen molar-refractivity contribution < 1.29 is 30.9 Å². The average molecular weight is 370 g/mol. The van der Waals surface area contributed by atoms with E-state index in [1.807, 2.05) is 39.3 Å². The van der Waals surface area contributed by atoms with Crippen LogP contribution in [0, 0.1) is 0 Å². The molecule has 0 N–H and O–H groups in total. The molecule has 1 aliphatic heterocycles. The Morgan fingerprint density at radius 2 is 1.14 bits per heavy atom. The van der Waals surface area contributed by atoms with Crippen molar-refractivity contribution in [1.82, 2.24) is 0 Å². The summed E-state index contributed by atoms with van der Waals surface area (Å²) in [6.45, 7) is 11.9. The van der Waals surface area contributed by atoms with Crippen molar-refractivity contribution in [2.24, 2.45) is 0 Å². The van der Waals surface area contributed by atoms with Gasteiger partial charge in [-0.15, -0.1) is 0 Å². The normalized spacial score (nSPS) is 24.1. The van der Waals surface area contributed by atoms with E-state index in [1.165, 1.54) is 0 Å². The second-order valence-electron chi connectivity index (χ2n) is 7.62. The third kappa shape index (κ3) is 3.50. The van der Waals surface area contributed by atoms with E-state index in [1.54, 1.807) is 0 Å². The van der Waals surface area contributed by atoms with Gasteiger partial charge in [0, 0.05) is 14.3 Å². The second-order valence-corrected chi connectivity index (χ2v) is 21.6. The molecule has 0 aromatic rings. The number of halogens is 6. The van der Waals surface area contributed by atoms with E-state index < -0.39 is 48.4 Å². The van der Waals surface area contributed by atoms with E-state index in [4.69, 9.17) is 0 Å². The van der Waals surface area contributed by atoms with Crippen LogP contribution in [0.25, 0.3) is 0 Å². The molecule has 0 aromatic heterocycles. The van der Waals surface area contributed by atoms with Crippen LogP contribution in [0.5, 0.6) is 0 Å². The maximum absolute atomic E-state index is 12.9. The van der Waals surface area contributed by atoms with Crippen LogP contribution < -0.4 is 0 Å². The Morgan fingerprint density at radius 1 is 0.857 bits per heavy atom. The van der Waals surface area contributed by atoms with E-state index >= 15 is 0 Å². The van der Waals surface area contributed by atoms with Crippen molar-refractivity contribution in [1.29, 1.82) is 0 Å². The molecule has 0 spiro atoms. The van der Waals surface area contributed by atoms with Gasteiger partial charge in [0.25, 0.3) is 5.60 Å². The molecule has 0 saturated carbocycles. The number of alkyl halides is 6. The summed E-state index contributed by atoms with van der Waals surface area (Å²) in [6, 6.07) is 0. The molecule has 0 radical (unpaired) electrons. The molecule has 1 heterocycles. The first-order valence-corrected chi connectivity index (χ1v) is 15.2. The molecule has 1 fully saturated rings. The Balaban J connectivity index is 3.09. The fourth-order valence-corrected chi connectivity index (χ4v) is 23.0. The molecule has 1 unspecified atom stereocenters. The molecule has 1 rings (SSSR count). The summed E-state index contributed by atoms with van der Waals surface area (Å²) in [5.74, 6) is 0. The highest BCUT2D eigenvalue weighted by Crippen LogP contribution is 2.69. The summed E-state index contributed by atoms with van der Waals surface area (Å²) < 4.78 is 81.9. The highest BCUT2D eigenvalue weighted by molar-refractivity contribution is 7.62. The van der Waals surface area contributed by atoms with Crippen LogP contribution in [-0.4, -0.2) is 45.2 Å². The summed E-state index contributed by atoms with van der Waals surface area (Å²) in [7, 11) is -5.48. The Hall–Kier alpha value is 0.404. The maximum atomic E-state index is 12.9. The van der Waals surface area contributed by atoms with Gasteiger partial charge in [-0.3, -0.25) is 0 Å². The fourth-order valence-electron chi connectivity index (χ4n) is 3.16. The SMILES string of the molecule is C[Si](C)(C)C(P1CC(C(F)(F)F)(C(F)(F)F)O1)[Si](C)(C)C. The van der Waals surface area contributed by atoms with E-state index in [9.17, 15) is 26.3 Å². The Bertz CT molecular complexity index is 359. The molecule has 0 bridgehead atoms. The third-order valence-corrected chi connectivity index (χ3v) is 20.2. The molecular weight excluding hydrogens is 349 g/mol. The molecular formula is C11H21F6OPSi2. The monoisotopic (exact) mass is 370 g/mol. The number of rotatable bonds is 3. The van der Waals surface area contributed by atoms with E-state index in [-0.39, 0.29) is 4.91 Å². The lowest BCUT2D eigenvalue weighted by Gasteiger charge is -2.55. The zero-order valence-corrected chi connectivity index (χ0v) is 15.8. The average Bonchev–Trinajstić information content (AvgIpc) is 1.99. The van der Waals surface area contributed by atoms with Gasteiger partial charge >= 0.3 is 12.4 Å². The molecule has 1 saturated heterocycles. The Labute approximate surface area is 124 Å². The Morgan fingerprint density at radius 3 is 1.33 bits per heavy atom. The van der Waals surface area contributed by atoms with Gasteiger partial charge in [-0.25, -0.2) is 0 Å². The summed E-state index contributed by atoms with van der Waals surface area (Å²) in [4.78, 5) is -0.0853. The van der Waals surface area contributed by atoms with E-state index in [0.717, 1.165) is 0 Å². The van der Waals surface area contributed by atoms with Crippen LogP contribution in [0.2, 0.25) is 39.3 Å². The quantitative estimate of drug-likeness (QED) is 0.367. The molecule has 1 aliphatic rings. The zero-order chi connectivity index (χ0) is 17.1. The van der Waals surface area contributed by atoms with Crippen molar-refractivity contribution in [2.75, 3.05) is 6.16 Å². The lowest BCUT2D eigenvalue weighted by molar-refractivity contribution is -0.359. The third-order valence-electron chi connectivity index (χ3n) is 3.50. The van der Waals surface area contributed by atoms with Crippen LogP contribution >= 0.6 is 8.15 Å². The summed E-state index contributed by atoms with van der Waals surface area (Å²) in [5.41, 5.74) is -3.94. The van der Waals surface area contributed by atoms with Gasteiger partial charge in [0.15, 0.2) is 0 Å². The van der Waals surface area contributed by atoms with Crippen LogP contribution in [0.3, 0.4) is 0 Å². The number of hydrogen-bond donors (Lipinski definition) is 0. The van der Waals surface area contributed by atoms with Gasteiger partial charge in [0.2, 0.25) is 0 Å². The Kier molecular flexibility index (Phi) is 4.82. The first-order chi connectivity index (χ1) is 8.93. The molecule has 0 amide bonds. The molecule has 10 heteroatoms. The lowest BCUT2D eigenvalue weighted by atomic mass is 10.1. The van der Waals surface area contributed by atoms with Gasteiger partial charge in [-0.05, 0) is 4.91 Å². The van der Waals surface area contributed by atoms with Crippen LogP contribution in [0.1, 0.15) is 0 Å². The predicted octanol–water partition coefficient (Wildman–Crippen LogP) is 5.40. The fraction of sp³-hybridized carbons (Fsp3) is 1.00. The van der Waals surface area contributed by atoms with Crippen LogP contribution in [-0.2, 0) is 4.52 Å². The zero-order valence-electron chi connectivity index (χ0n) is 12.9. The summed E-state index contributed by atoms with van der Waals surface area (Å²) in [5, 5.41) is 0. The molecule has 0 aromatic carbocycles. The van der Waals surface area contributed by atoms with Crippen molar-refractivity contribution >= 4 is 24.3 Å². The van der Waals surface area contributed by atoms with Crippen molar-refractivity contribution in [3.63, 3.8) is 0 Å². The molecule has 0 aliphatic carbocycles. The minimum Gasteiger partial charge on any atom is -0.335 e. The maximum Gasteiger partial charge on any atom is 0.427 e.